The summed E-state index contributed by atoms with van der Waals surface area (Å²) in [6, 6.07) is 1.93. The van der Waals surface area contributed by atoms with E-state index >= 15 is 0 Å². The molecule has 1 N–H and O–H groups in total. The Labute approximate surface area is 107 Å². The van der Waals surface area contributed by atoms with Crippen LogP contribution in [-0.4, -0.2) is 23.1 Å². The summed E-state index contributed by atoms with van der Waals surface area (Å²) in [4.78, 5) is 16.0. The lowest BCUT2D eigenvalue weighted by molar-refractivity contribution is -0.117. The van der Waals surface area contributed by atoms with Gasteiger partial charge in [-0.15, -0.1) is 0 Å². The molecule has 3 heterocycles. The van der Waals surface area contributed by atoms with Crippen molar-refractivity contribution in [3.8, 4) is 0 Å². The number of ether oxygens (including phenoxy) is 1. The van der Waals surface area contributed by atoms with Crippen LogP contribution >= 0.6 is 0 Å². The highest BCUT2D eigenvalue weighted by Crippen LogP contribution is 2.40. The second kappa shape index (κ2) is 4.69. The van der Waals surface area contributed by atoms with Gasteiger partial charge in [0.2, 0.25) is 5.91 Å². The number of nitrogens with one attached hydrogen (secondary N) is 1. The summed E-state index contributed by atoms with van der Waals surface area (Å²) >= 11 is 0. The van der Waals surface area contributed by atoms with Gasteiger partial charge in [-0.1, -0.05) is 0 Å². The van der Waals surface area contributed by atoms with Crippen molar-refractivity contribution < 1.29 is 9.53 Å². The first-order valence-corrected chi connectivity index (χ1v) is 6.57. The number of hydrogen-bond acceptors (Lipinski definition) is 3. The Morgan fingerprint density at radius 2 is 2.39 bits per heavy atom. The number of aryl methyl sites for hydroxylation is 1. The van der Waals surface area contributed by atoms with E-state index in [4.69, 9.17) is 4.74 Å². The smallest absolute Gasteiger partial charge is 0.224 e. The largest absolute Gasteiger partial charge is 0.375 e. The number of anilines is 1. The molecule has 1 aromatic heterocycles. The molecule has 1 amide bonds. The van der Waals surface area contributed by atoms with Crippen molar-refractivity contribution in [1.29, 1.82) is 0 Å². The van der Waals surface area contributed by atoms with Crippen molar-refractivity contribution in [1.82, 2.24) is 4.98 Å². The van der Waals surface area contributed by atoms with Crippen molar-refractivity contribution >= 4 is 11.6 Å². The fourth-order valence-corrected chi connectivity index (χ4v) is 3.03. The van der Waals surface area contributed by atoms with Gasteiger partial charge in [-0.25, -0.2) is 0 Å². The Balaban J connectivity index is 1.56. The Hall–Kier alpha value is -1.42. The maximum atomic E-state index is 12.0. The van der Waals surface area contributed by atoms with Gasteiger partial charge >= 0.3 is 0 Å². The lowest BCUT2D eigenvalue weighted by Gasteiger charge is -2.17. The first-order valence-electron chi connectivity index (χ1n) is 6.57. The Bertz CT molecular complexity index is 461. The zero-order valence-electron chi connectivity index (χ0n) is 10.6. The number of fused-ring (bicyclic) bond motifs is 2. The highest BCUT2D eigenvalue weighted by Gasteiger charge is 2.41. The average Bonchev–Trinajstić information content (AvgIpc) is 2.90. The second-order valence-electron chi connectivity index (χ2n) is 5.37. The third-order valence-electron chi connectivity index (χ3n) is 3.84. The summed E-state index contributed by atoms with van der Waals surface area (Å²) < 4.78 is 5.76. The molecule has 0 radical (unpaired) electrons. The van der Waals surface area contributed by atoms with Gasteiger partial charge in [0.15, 0.2) is 0 Å². The first kappa shape index (κ1) is 11.7. The second-order valence-corrected chi connectivity index (χ2v) is 5.37. The molecule has 2 bridgehead atoms. The van der Waals surface area contributed by atoms with Crippen LogP contribution in [0.3, 0.4) is 0 Å². The van der Waals surface area contributed by atoms with E-state index in [1.165, 1.54) is 6.42 Å². The summed E-state index contributed by atoms with van der Waals surface area (Å²) in [6.07, 6.45) is 8.09. The van der Waals surface area contributed by atoms with Crippen LogP contribution in [0, 0.1) is 12.8 Å². The standard InChI is InChI=1S/C14H18N2O2/c1-9-4-11(8-15-7-9)16-14(17)6-10-5-12-2-3-13(10)18-12/h4,7-8,10,12-13H,2-3,5-6H2,1H3,(H,16,17). The zero-order valence-corrected chi connectivity index (χ0v) is 10.6. The normalized spacial score (nSPS) is 29.5. The monoisotopic (exact) mass is 246 g/mol. The molecule has 0 saturated carbocycles. The van der Waals surface area contributed by atoms with Gasteiger partial charge in [-0.05, 0) is 43.7 Å². The molecule has 2 aliphatic heterocycles. The summed E-state index contributed by atoms with van der Waals surface area (Å²) in [5.74, 6) is 0.477. The molecule has 2 saturated heterocycles. The predicted molar refractivity (Wildman–Crippen MR) is 68.2 cm³/mol. The predicted octanol–water partition coefficient (Wildman–Crippen LogP) is 2.29. The minimum Gasteiger partial charge on any atom is -0.375 e. The molecule has 4 heteroatoms. The Morgan fingerprint density at radius 1 is 1.50 bits per heavy atom. The molecule has 0 aliphatic carbocycles. The van der Waals surface area contributed by atoms with Crippen LogP contribution in [0.2, 0.25) is 0 Å². The van der Waals surface area contributed by atoms with Crippen molar-refractivity contribution in [3.63, 3.8) is 0 Å². The van der Waals surface area contributed by atoms with Gasteiger partial charge in [-0.2, -0.15) is 0 Å². The molecule has 3 rings (SSSR count). The van der Waals surface area contributed by atoms with Gasteiger partial charge in [0.05, 0.1) is 24.1 Å². The van der Waals surface area contributed by atoms with Crippen LogP contribution in [-0.2, 0) is 9.53 Å². The molecule has 2 fully saturated rings. The number of rotatable bonds is 3. The molecule has 1 aromatic rings. The van der Waals surface area contributed by atoms with E-state index in [1.807, 2.05) is 13.0 Å². The van der Waals surface area contributed by atoms with Crippen LogP contribution in [0.15, 0.2) is 18.5 Å². The third-order valence-corrected chi connectivity index (χ3v) is 3.84. The van der Waals surface area contributed by atoms with Gasteiger partial charge in [-0.3, -0.25) is 9.78 Å². The van der Waals surface area contributed by atoms with E-state index in [1.54, 1.807) is 12.4 Å². The lowest BCUT2D eigenvalue weighted by atomic mass is 9.87. The van der Waals surface area contributed by atoms with E-state index < -0.39 is 0 Å². The van der Waals surface area contributed by atoms with Crippen molar-refractivity contribution in [2.45, 2.75) is 44.8 Å². The maximum Gasteiger partial charge on any atom is 0.224 e. The highest BCUT2D eigenvalue weighted by molar-refractivity contribution is 5.90. The van der Waals surface area contributed by atoms with Gasteiger partial charge in [0.1, 0.15) is 0 Å². The summed E-state index contributed by atoms with van der Waals surface area (Å²) in [7, 11) is 0. The molecule has 18 heavy (non-hydrogen) atoms. The number of carbonyl (C=O) groups is 1. The number of hydrogen-bond donors (Lipinski definition) is 1. The van der Waals surface area contributed by atoms with Crippen LogP contribution in [0.1, 0.15) is 31.2 Å². The number of carbonyl (C=O) groups excluding carboxylic acids is 1. The molecule has 0 spiro atoms. The number of pyridine rings is 1. The van der Waals surface area contributed by atoms with Crippen LogP contribution in [0.25, 0.3) is 0 Å². The van der Waals surface area contributed by atoms with Crippen molar-refractivity contribution in [2.24, 2.45) is 5.92 Å². The summed E-state index contributed by atoms with van der Waals surface area (Å²) in [5, 5.41) is 2.91. The zero-order chi connectivity index (χ0) is 12.5. The number of amides is 1. The molecule has 2 aliphatic rings. The SMILES string of the molecule is Cc1cncc(NC(=O)CC2CC3CCC2O3)c1. The maximum absolute atomic E-state index is 12.0. The van der Waals surface area contributed by atoms with Gasteiger partial charge in [0, 0.05) is 12.6 Å². The lowest BCUT2D eigenvalue weighted by Crippen LogP contribution is -2.23. The fourth-order valence-electron chi connectivity index (χ4n) is 3.03. The van der Waals surface area contributed by atoms with E-state index in [0.29, 0.717) is 24.5 Å². The number of nitrogens with zero attached hydrogens (tertiary/aromatic N) is 1. The van der Waals surface area contributed by atoms with E-state index in [9.17, 15) is 4.79 Å². The fraction of sp³-hybridized carbons (Fsp3) is 0.571. The molecule has 3 unspecified atom stereocenters. The van der Waals surface area contributed by atoms with E-state index in [-0.39, 0.29) is 5.91 Å². The third kappa shape index (κ3) is 2.38. The highest BCUT2D eigenvalue weighted by atomic mass is 16.5. The quantitative estimate of drug-likeness (QED) is 0.890. The van der Waals surface area contributed by atoms with Crippen molar-refractivity contribution in [2.75, 3.05) is 5.32 Å². The number of aromatic nitrogens is 1. The molecule has 3 atom stereocenters. The first-order chi connectivity index (χ1) is 8.70. The Kier molecular flexibility index (Phi) is 3.04. The molecule has 96 valence electrons. The minimum absolute atomic E-state index is 0.0727. The minimum atomic E-state index is 0.0727. The summed E-state index contributed by atoms with van der Waals surface area (Å²) in [6.45, 7) is 1.96. The van der Waals surface area contributed by atoms with E-state index in [0.717, 1.165) is 24.1 Å². The molecule has 0 aromatic carbocycles. The van der Waals surface area contributed by atoms with Crippen LogP contribution in [0.5, 0.6) is 0 Å². The topological polar surface area (TPSA) is 51.2 Å². The Morgan fingerprint density at radius 3 is 3.06 bits per heavy atom. The molecular formula is C14H18N2O2. The van der Waals surface area contributed by atoms with Crippen molar-refractivity contribution in [3.05, 3.63) is 24.0 Å². The average molecular weight is 246 g/mol. The van der Waals surface area contributed by atoms with Crippen LogP contribution in [0.4, 0.5) is 5.69 Å². The molecule has 4 nitrogen and oxygen atoms in total. The van der Waals surface area contributed by atoms with Crippen LogP contribution < -0.4 is 5.32 Å². The summed E-state index contributed by atoms with van der Waals surface area (Å²) in [5.41, 5.74) is 1.83. The van der Waals surface area contributed by atoms with Gasteiger partial charge < -0.3 is 10.1 Å². The molecular weight excluding hydrogens is 228 g/mol. The van der Waals surface area contributed by atoms with E-state index in [2.05, 4.69) is 10.3 Å². The van der Waals surface area contributed by atoms with Gasteiger partial charge in [0.25, 0.3) is 0 Å².